The van der Waals surface area contributed by atoms with Crippen molar-refractivity contribution in [1.82, 2.24) is 5.32 Å². The van der Waals surface area contributed by atoms with Crippen LogP contribution < -0.4 is 11.1 Å². The normalized spacial score (nSPS) is 22.3. The van der Waals surface area contributed by atoms with E-state index >= 15 is 0 Å². The number of benzene rings is 1. The van der Waals surface area contributed by atoms with Crippen molar-refractivity contribution in [3.05, 3.63) is 35.9 Å². The van der Waals surface area contributed by atoms with E-state index in [4.69, 9.17) is 5.73 Å². The predicted molar refractivity (Wildman–Crippen MR) is 90.0 cm³/mol. The van der Waals surface area contributed by atoms with Gasteiger partial charge in [-0.2, -0.15) is 13.2 Å². The molecule has 0 saturated heterocycles. The lowest BCUT2D eigenvalue weighted by Crippen LogP contribution is -2.45. The average molecular weight is 365 g/mol. The van der Waals surface area contributed by atoms with Crippen LogP contribution in [0.5, 0.6) is 0 Å². The highest BCUT2D eigenvalue weighted by atomic mass is 35.5. The summed E-state index contributed by atoms with van der Waals surface area (Å²) < 4.78 is 39.9. The molecular formula is C17H24ClF3N2O. The summed E-state index contributed by atoms with van der Waals surface area (Å²) in [6.45, 7) is 0.451. The summed E-state index contributed by atoms with van der Waals surface area (Å²) in [6, 6.07) is 7.48. The van der Waals surface area contributed by atoms with E-state index in [0.29, 0.717) is 6.54 Å². The van der Waals surface area contributed by atoms with Gasteiger partial charge in [0, 0.05) is 12.5 Å². The Labute approximate surface area is 146 Å². The van der Waals surface area contributed by atoms with E-state index in [-0.39, 0.29) is 29.9 Å². The Morgan fingerprint density at radius 1 is 1.21 bits per heavy atom. The van der Waals surface area contributed by atoms with Crippen molar-refractivity contribution in [2.24, 2.45) is 11.7 Å². The van der Waals surface area contributed by atoms with E-state index in [0.717, 1.165) is 25.7 Å². The fourth-order valence-electron chi connectivity index (χ4n) is 3.24. The molecule has 3 N–H and O–H groups in total. The summed E-state index contributed by atoms with van der Waals surface area (Å²) in [4.78, 5) is 12.2. The third-order valence-corrected chi connectivity index (χ3v) is 4.54. The molecule has 136 valence electrons. The molecule has 3 unspecified atom stereocenters. The SMILES string of the molecule is Cl.NCC1CCCCC1NC(=O)CC(c1ccccc1)C(F)(F)F. The third-order valence-electron chi connectivity index (χ3n) is 4.54. The Hall–Kier alpha value is -1.27. The van der Waals surface area contributed by atoms with Gasteiger partial charge in [0.15, 0.2) is 0 Å². The summed E-state index contributed by atoms with van der Waals surface area (Å²) >= 11 is 0. The van der Waals surface area contributed by atoms with Crippen LogP contribution in [0.1, 0.15) is 43.6 Å². The molecule has 1 amide bonds. The number of carbonyl (C=O) groups excluding carboxylic acids is 1. The Kier molecular flexibility index (Phi) is 8.03. The predicted octanol–water partition coefficient (Wildman–Crippen LogP) is 3.78. The highest BCUT2D eigenvalue weighted by Gasteiger charge is 2.42. The zero-order chi connectivity index (χ0) is 16.9. The summed E-state index contributed by atoms with van der Waals surface area (Å²) in [7, 11) is 0. The van der Waals surface area contributed by atoms with Gasteiger partial charge in [-0.3, -0.25) is 4.79 Å². The molecule has 1 saturated carbocycles. The second kappa shape index (κ2) is 9.28. The van der Waals surface area contributed by atoms with Crippen molar-refractivity contribution in [3.8, 4) is 0 Å². The first-order valence-corrected chi connectivity index (χ1v) is 8.03. The van der Waals surface area contributed by atoms with Gasteiger partial charge in [0.1, 0.15) is 0 Å². The van der Waals surface area contributed by atoms with Crippen LogP contribution in [0, 0.1) is 5.92 Å². The van der Waals surface area contributed by atoms with Crippen molar-refractivity contribution < 1.29 is 18.0 Å². The van der Waals surface area contributed by atoms with Gasteiger partial charge in [0.2, 0.25) is 5.91 Å². The van der Waals surface area contributed by atoms with Crippen LogP contribution in [-0.4, -0.2) is 24.7 Å². The number of alkyl halides is 3. The van der Waals surface area contributed by atoms with E-state index in [9.17, 15) is 18.0 Å². The maximum Gasteiger partial charge on any atom is 0.396 e. The maximum atomic E-state index is 13.3. The van der Waals surface area contributed by atoms with Crippen LogP contribution in [0.2, 0.25) is 0 Å². The number of nitrogens with one attached hydrogen (secondary N) is 1. The zero-order valence-corrected chi connectivity index (χ0v) is 14.2. The van der Waals surface area contributed by atoms with E-state index in [1.54, 1.807) is 18.2 Å². The molecule has 1 aliphatic carbocycles. The molecule has 0 radical (unpaired) electrons. The van der Waals surface area contributed by atoms with Crippen LogP contribution in [0.4, 0.5) is 13.2 Å². The van der Waals surface area contributed by atoms with Crippen molar-refractivity contribution in [2.75, 3.05) is 6.54 Å². The number of hydrogen-bond donors (Lipinski definition) is 2. The van der Waals surface area contributed by atoms with Gasteiger partial charge in [-0.25, -0.2) is 0 Å². The largest absolute Gasteiger partial charge is 0.396 e. The van der Waals surface area contributed by atoms with E-state index in [1.165, 1.54) is 12.1 Å². The van der Waals surface area contributed by atoms with Gasteiger partial charge in [0.25, 0.3) is 0 Å². The maximum absolute atomic E-state index is 13.3. The molecule has 0 bridgehead atoms. The monoisotopic (exact) mass is 364 g/mol. The molecule has 2 rings (SSSR count). The van der Waals surface area contributed by atoms with E-state index in [2.05, 4.69) is 5.32 Å². The molecule has 3 atom stereocenters. The molecule has 1 fully saturated rings. The molecule has 1 aromatic rings. The minimum Gasteiger partial charge on any atom is -0.353 e. The smallest absolute Gasteiger partial charge is 0.353 e. The fraction of sp³-hybridized carbons (Fsp3) is 0.588. The van der Waals surface area contributed by atoms with Crippen LogP contribution in [-0.2, 0) is 4.79 Å². The molecule has 24 heavy (non-hydrogen) atoms. The molecule has 0 aromatic heterocycles. The number of rotatable bonds is 5. The fourth-order valence-corrected chi connectivity index (χ4v) is 3.24. The Morgan fingerprint density at radius 3 is 2.42 bits per heavy atom. The van der Waals surface area contributed by atoms with Gasteiger partial charge in [0.05, 0.1) is 5.92 Å². The van der Waals surface area contributed by atoms with Crippen molar-refractivity contribution in [1.29, 1.82) is 0 Å². The molecule has 1 aromatic carbocycles. The lowest BCUT2D eigenvalue weighted by molar-refractivity contribution is -0.157. The van der Waals surface area contributed by atoms with Gasteiger partial charge in [-0.1, -0.05) is 43.2 Å². The molecule has 1 aliphatic rings. The molecule has 3 nitrogen and oxygen atoms in total. The number of amides is 1. The van der Waals surface area contributed by atoms with Crippen molar-refractivity contribution >= 4 is 18.3 Å². The van der Waals surface area contributed by atoms with Crippen LogP contribution in [0.25, 0.3) is 0 Å². The first-order valence-electron chi connectivity index (χ1n) is 8.03. The lowest BCUT2D eigenvalue weighted by atomic mass is 9.84. The molecule has 0 spiro atoms. The lowest BCUT2D eigenvalue weighted by Gasteiger charge is -2.32. The van der Waals surface area contributed by atoms with Gasteiger partial charge >= 0.3 is 6.18 Å². The number of halogens is 4. The molecule has 0 aliphatic heterocycles. The molecule has 7 heteroatoms. The standard InChI is InChI=1S/C17H23F3N2O.ClH/c18-17(19,20)14(12-6-2-1-3-7-12)10-16(23)22-15-9-5-4-8-13(15)11-21;/h1-3,6-7,13-15H,4-5,8-11,21H2,(H,22,23);1H. The second-order valence-electron chi connectivity index (χ2n) is 6.16. The number of carbonyl (C=O) groups is 1. The van der Waals surface area contributed by atoms with Gasteiger partial charge in [-0.15, -0.1) is 12.4 Å². The Balaban J connectivity index is 0.00000288. The quantitative estimate of drug-likeness (QED) is 0.835. The summed E-state index contributed by atoms with van der Waals surface area (Å²) in [6.07, 6.45) is -1.29. The van der Waals surface area contributed by atoms with Crippen LogP contribution in [0.15, 0.2) is 30.3 Å². The minimum absolute atomic E-state index is 0. The Morgan fingerprint density at radius 2 is 1.83 bits per heavy atom. The summed E-state index contributed by atoms with van der Waals surface area (Å²) in [5, 5.41) is 2.77. The number of hydrogen-bond acceptors (Lipinski definition) is 2. The highest BCUT2D eigenvalue weighted by Crippen LogP contribution is 2.37. The van der Waals surface area contributed by atoms with E-state index in [1.807, 2.05) is 0 Å². The minimum atomic E-state index is -4.45. The molecule has 0 heterocycles. The van der Waals surface area contributed by atoms with Crippen LogP contribution >= 0.6 is 12.4 Å². The van der Waals surface area contributed by atoms with Gasteiger partial charge < -0.3 is 11.1 Å². The summed E-state index contributed by atoms with van der Waals surface area (Å²) in [5.74, 6) is -2.17. The third kappa shape index (κ3) is 5.67. The van der Waals surface area contributed by atoms with E-state index < -0.39 is 24.4 Å². The first-order chi connectivity index (χ1) is 10.9. The summed E-state index contributed by atoms with van der Waals surface area (Å²) in [5.41, 5.74) is 5.82. The zero-order valence-electron chi connectivity index (χ0n) is 13.4. The average Bonchev–Trinajstić information content (AvgIpc) is 2.53. The highest BCUT2D eigenvalue weighted by molar-refractivity contribution is 5.85. The molecular weight excluding hydrogens is 341 g/mol. The van der Waals surface area contributed by atoms with Gasteiger partial charge in [-0.05, 0) is 30.9 Å². The van der Waals surface area contributed by atoms with Crippen molar-refractivity contribution in [3.63, 3.8) is 0 Å². The number of nitrogens with two attached hydrogens (primary N) is 1. The topological polar surface area (TPSA) is 55.1 Å². The Bertz CT molecular complexity index is 510. The van der Waals surface area contributed by atoms with Crippen LogP contribution in [0.3, 0.4) is 0 Å². The van der Waals surface area contributed by atoms with Crippen molar-refractivity contribution in [2.45, 2.75) is 50.2 Å². The second-order valence-corrected chi connectivity index (χ2v) is 6.16. The first kappa shape index (κ1) is 20.8.